The van der Waals surface area contributed by atoms with Crippen molar-refractivity contribution >= 4 is 0 Å². The molecule has 0 aromatic heterocycles. The third-order valence-corrected chi connectivity index (χ3v) is 3.24. The summed E-state index contributed by atoms with van der Waals surface area (Å²) in [6.45, 7) is 3.36. The highest BCUT2D eigenvalue weighted by atomic mass is 16.5. The first kappa shape index (κ1) is 12.9. The van der Waals surface area contributed by atoms with Gasteiger partial charge in [-0.1, -0.05) is 25.7 Å². The molecule has 0 aromatic carbocycles. The average molecular weight is 215 g/mol. The zero-order valence-electron chi connectivity index (χ0n) is 10.1. The molecule has 3 nitrogen and oxygen atoms in total. The summed E-state index contributed by atoms with van der Waals surface area (Å²) >= 11 is 0. The van der Waals surface area contributed by atoms with Crippen LogP contribution in [0.25, 0.3) is 0 Å². The lowest BCUT2D eigenvalue weighted by atomic mass is 9.94. The predicted octanol–water partition coefficient (Wildman–Crippen LogP) is 2.09. The van der Waals surface area contributed by atoms with Crippen molar-refractivity contribution in [1.29, 1.82) is 0 Å². The highest BCUT2D eigenvalue weighted by Crippen LogP contribution is 2.30. The molecule has 3 heteroatoms. The lowest BCUT2D eigenvalue weighted by Gasteiger charge is -2.34. The summed E-state index contributed by atoms with van der Waals surface area (Å²) in [5.74, 6) is 0. The predicted molar refractivity (Wildman–Crippen MR) is 61.9 cm³/mol. The molecule has 1 unspecified atom stereocenters. The van der Waals surface area contributed by atoms with E-state index < -0.39 is 0 Å². The standard InChI is InChI=1S/C12H25NO2/c1-11(9-14-2)15-12(10-13)7-5-3-4-6-8-12/h11H,3-10,13H2,1-2H3. The highest BCUT2D eigenvalue weighted by Gasteiger charge is 2.31. The van der Waals surface area contributed by atoms with Gasteiger partial charge in [-0.3, -0.25) is 0 Å². The van der Waals surface area contributed by atoms with Gasteiger partial charge in [0.15, 0.2) is 0 Å². The van der Waals surface area contributed by atoms with Crippen molar-refractivity contribution < 1.29 is 9.47 Å². The Balaban J connectivity index is 2.49. The molecule has 1 aliphatic rings. The monoisotopic (exact) mass is 215 g/mol. The summed E-state index contributed by atoms with van der Waals surface area (Å²) in [7, 11) is 1.71. The minimum absolute atomic E-state index is 0.0750. The van der Waals surface area contributed by atoms with Crippen LogP contribution in [0.2, 0.25) is 0 Å². The molecule has 90 valence electrons. The van der Waals surface area contributed by atoms with E-state index in [1.807, 2.05) is 0 Å². The van der Waals surface area contributed by atoms with Crippen molar-refractivity contribution in [3.63, 3.8) is 0 Å². The quantitative estimate of drug-likeness (QED) is 0.714. The van der Waals surface area contributed by atoms with Crippen LogP contribution < -0.4 is 5.73 Å². The van der Waals surface area contributed by atoms with Gasteiger partial charge in [-0.25, -0.2) is 0 Å². The van der Waals surface area contributed by atoms with E-state index in [1.165, 1.54) is 25.7 Å². The molecule has 1 rings (SSSR count). The molecule has 0 saturated heterocycles. The fraction of sp³-hybridized carbons (Fsp3) is 1.00. The first-order chi connectivity index (χ1) is 7.22. The average Bonchev–Trinajstić information content (AvgIpc) is 2.44. The number of hydrogen-bond acceptors (Lipinski definition) is 3. The summed E-state index contributed by atoms with van der Waals surface area (Å²) in [5.41, 5.74) is 5.81. The second-order valence-electron chi connectivity index (χ2n) is 4.69. The van der Waals surface area contributed by atoms with E-state index in [2.05, 4.69) is 6.92 Å². The van der Waals surface area contributed by atoms with Crippen LogP contribution >= 0.6 is 0 Å². The van der Waals surface area contributed by atoms with E-state index in [1.54, 1.807) is 7.11 Å². The van der Waals surface area contributed by atoms with Gasteiger partial charge in [0.2, 0.25) is 0 Å². The van der Waals surface area contributed by atoms with Gasteiger partial charge < -0.3 is 15.2 Å². The van der Waals surface area contributed by atoms with Crippen molar-refractivity contribution in [2.24, 2.45) is 5.73 Å². The van der Waals surface area contributed by atoms with Gasteiger partial charge in [0, 0.05) is 13.7 Å². The third-order valence-electron chi connectivity index (χ3n) is 3.24. The third kappa shape index (κ3) is 4.09. The molecule has 0 aliphatic heterocycles. The number of hydrogen-bond donors (Lipinski definition) is 1. The second-order valence-corrected chi connectivity index (χ2v) is 4.69. The molecular formula is C12H25NO2. The number of rotatable bonds is 5. The summed E-state index contributed by atoms with van der Waals surface area (Å²) in [6, 6.07) is 0. The first-order valence-corrected chi connectivity index (χ1v) is 6.09. The number of ether oxygens (including phenoxy) is 2. The maximum absolute atomic E-state index is 6.10. The minimum atomic E-state index is -0.0750. The van der Waals surface area contributed by atoms with Gasteiger partial charge >= 0.3 is 0 Å². The van der Waals surface area contributed by atoms with Crippen molar-refractivity contribution in [3.05, 3.63) is 0 Å². The molecule has 1 fully saturated rings. The lowest BCUT2D eigenvalue weighted by molar-refractivity contribution is -0.109. The van der Waals surface area contributed by atoms with E-state index in [-0.39, 0.29) is 11.7 Å². The van der Waals surface area contributed by atoms with Crippen LogP contribution in [-0.2, 0) is 9.47 Å². The Morgan fingerprint density at radius 2 is 1.80 bits per heavy atom. The molecule has 0 amide bonds. The molecular weight excluding hydrogens is 190 g/mol. The topological polar surface area (TPSA) is 44.5 Å². The van der Waals surface area contributed by atoms with Crippen molar-refractivity contribution in [1.82, 2.24) is 0 Å². The molecule has 1 aliphatic carbocycles. The molecule has 1 saturated carbocycles. The van der Waals surface area contributed by atoms with Crippen LogP contribution in [0, 0.1) is 0 Å². The Kier molecular flexibility index (Phi) is 5.58. The zero-order valence-corrected chi connectivity index (χ0v) is 10.1. The van der Waals surface area contributed by atoms with Crippen LogP contribution in [0.4, 0.5) is 0 Å². The van der Waals surface area contributed by atoms with Gasteiger partial charge in [-0.15, -0.1) is 0 Å². The van der Waals surface area contributed by atoms with Crippen molar-refractivity contribution in [2.45, 2.75) is 57.2 Å². The zero-order chi connectivity index (χ0) is 11.1. The van der Waals surface area contributed by atoms with Crippen LogP contribution in [0.1, 0.15) is 45.4 Å². The summed E-state index contributed by atoms with van der Waals surface area (Å²) < 4.78 is 11.2. The Labute approximate surface area is 93.3 Å². The normalized spacial score (nSPS) is 23.4. The largest absolute Gasteiger partial charge is 0.382 e. The van der Waals surface area contributed by atoms with E-state index >= 15 is 0 Å². The summed E-state index contributed by atoms with van der Waals surface area (Å²) in [5, 5.41) is 0. The van der Waals surface area contributed by atoms with E-state index in [0.29, 0.717) is 13.2 Å². The van der Waals surface area contributed by atoms with Gasteiger partial charge in [0.05, 0.1) is 18.3 Å². The fourth-order valence-corrected chi connectivity index (χ4v) is 2.44. The maximum Gasteiger partial charge on any atom is 0.0808 e. The van der Waals surface area contributed by atoms with Gasteiger partial charge in [-0.05, 0) is 19.8 Å². The molecule has 0 radical (unpaired) electrons. The second kappa shape index (κ2) is 6.46. The number of methoxy groups -OCH3 is 1. The molecule has 0 aromatic rings. The Morgan fingerprint density at radius 3 is 2.27 bits per heavy atom. The Hall–Kier alpha value is -0.120. The van der Waals surface area contributed by atoms with Gasteiger partial charge in [0.1, 0.15) is 0 Å². The number of nitrogens with two attached hydrogens (primary N) is 1. The van der Waals surface area contributed by atoms with Crippen LogP contribution in [0.5, 0.6) is 0 Å². The maximum atomic E-state index is 6.10. The SMILES string of the molecule is COCC(C)OC1(CN)CCCCCC1. The first-order valence-electron chi connectivity index (χ1n) is 6.09. The molecule has 15 heavy (non-hydrogen) atoms. The van der Waals surface area contributed by atoms with E-state index in [0.717, 1.165) is 12.8 Å². The Morgan fingerprint density at radius 1 is 1.20 bits per heavy atom. The Bertz CT molecular complexity index is 165. The van der Waals surface area contributed by atoms with Crippen LogP contribution in [-0.4, -0.2) is 32.0 Å². The molecule has 2 N–H and O–H groups in total. The van der Waals surface area contributed by atoms with E-state index in [9.17, 15) is 0 Å². The summed E-state index contributed by atoms with van der Waals surface area (Å²) in [6.07, 6.45) is 7.51. The van der Waals surface area contributed by atoms with E-state index in [4.69, 9.17) is 15.2 Å². The smallest absolute Gasteiger partial charge is 0.0808 e. The molecule has 0 bridgehead atoms. The minimum Gasteiger partial charge on any atom is -0.382 e. The highest BCUT2D eigenvalue weighted by molar-refractivity contribution is 4.85. The van der Waals surface area contributed by atoms with Crippen LogP contribution in [0.15, 0.2) is 0 Å². The van der Waals surface area contributed by atoms with Gasteiger partial charge in [0.25, 0.3) is 0 Å². The van der Waals surface area contributed by atoms with Crippen LogP contribution in [0.3, 0.4) is 0 Å². The molecule has 0 spiro atoms. The fourth-order valence-electron chi connectivity index (χ4n) is 2.44. The molecule has 0 heterocycles. The van der Waals surface area contributed by atoms with Gasteiger partial charge in [-0.2, -0.15) is 0 Å². The molecule has 1 atom stereocenters. The summed E-state index contributed by atoms with van der Waals surface area (Å²) in [4.78, 5) is 0. The van der Waals surface area contributed by atoms with Crippen molar-refractivity contribution in [3.8, 4) is 0 Å². The van der Waals surface area contributed by atoms with Crippen molar-refractivity contribution in [2.75, 3.05) is 20.3 Å². The lowest BCUT2D eigenvalue weighted by Crippen LogP contribution is -2.43.